The summed E-state index contributed by atoms with van der Waals surface area (Å²) < 4.78 is 5.30. The summed E-state index contributed by atoms with van der Waals surface area (Å²) in [5, 5.41) is 23.1. The molecule has 1 aliphatic heterocycles. The quantitative estimate of drug-likeness (QED) is 0.485. The fourth-order valence-corrected chi connectivity index (χ4v) is 4.59. The number of carbonyl (C=O) groups excluding carboxylic acids is 1. The number of hydrogen-bond donors (Lipinski definition) is 3. The van der Waals surface area contributed by atoms with Crippen LogP contribution in [-0.2, 0) is 6.54 Å². The Bertz CT molecular complexity index is 1090. The minimum Gasteiger partial charge on any atom is -0.497 e. The maximum absolute atomic E-state index is 12.8. The highest BCUT2D eigenvalue weighted by molar-refractivity contribution is 6.06. The van der Waals surface area contributed by atoms with Gasteiger partial charge in [-0.2, -0.15) is 10.2 Å². The minimum atomic E-state index is -0.206. The van der Waals surface area contributed by atoms with Crippen LogP contribution in [0.1, 0.15) is 48.2 Å². The number of nitrogens with zero attached hydrogens (tertiary/aromatic N) is 4. The molecule has 1 aliphatic carbocycles. The summed E-state index contributed by atoms with van der Waals surface area (Å²) in [5.74, 6) is 2.16. The molecule has 0 spiro atoms. The number of aromatic amines is 1. The van der Waals surface area contributed by atoms with E-state index in [4.69, 9.17) is 4.74 Å². The van der Waals surface area contributed by atoms with Gasteiger partial charge in [-0.1, -0.05) is 6.42 Å². The first kappa shape index (κ1) is 21.6. The van der Waals surface area contributed by atoms with Crippen molar-refractivity contribution >= 4 is 22.6 Å². The van der Waals surface area contributed by atoms with Crippen LogP contribution in [0.4, 0.5) is 5.82 Å². The van der Waals surface area contributed by atoms with Gasteiger partial charge >= 0.3 is 0 Å². The Hall–Kier alpha value is -3.20. The van der Waals surface area contributed by atoms with Crippen molar-refractivity contribution in [1.29, 1.82) is 0 Å². The molecule has 1 amide bonds. The molecule has 2 aliphatic rings. The average Bonchev–Trinajstić information content (AvgIpc) is 3.30. The molecule has 174 valence electrons. The highest BCUT2D eigenvalue weighted by Crippen LogP contribution is 2.26. The summed E-state index contributed by atoms with van der Waals surface area (Å²) in [6.45, 7) is 3.41. The molecule has 3 heterocycles. The predicted octanol–water partition coefficient (Wildman–Crippen LogP) is 2.65. The van der Waals surface area contributed by atoms with E-state index in [1.165, 1.54) is 25.7 Å². The number of fused-ring (bicyclic) bond motifs is 1. The van der Waals surface area contributed by atoms with Crippen LogP contribution in [0.3, 0.4) is 0 Å². The highest BCUT2D eigenvalue weighted by atomic mass is 16.5. The first-order valence-corrected chi connectivity index (χ1v) is 11.8. The standard InChI is InChI=1S/C24H31N7O2/c1-33-19-10-20(21-14-27-29-22(21)11-19)24(32)26-13-17-7-8-23(30-28-17)31-9-3-6-18(15-31)25-12-16-4-2-5-16/h7-8,10-11,14,16,18,25H,2-6,9,12-13,15H2,1H3,(H,26,32)(H,27,29). The molecule has 3 N–H and O–H groups in total. The number of amides is 1. The molecule has 9 heteroatoms. The van der Waals surface area contributed by atoms with Gasteiger partial charge in [0.2, 0.25) is 0 Å². The van der Waals surface area contributed by atoms with Crippen molar-refractivity contribution in [1.82, 2.24) is 31.0 Å². The molecular formula is C24H31N7O2. The zero-order valence-corrected chi connectivity index (χ0v) is 19.0. The van der Waals surface area contributed by atoms with E-state index in [1.54, 1.807) is 19.4 Å². The van der Waals surface area contributed by atoms with E-state index < -0.39 is 0 Å². The van der Waals surface area contributed by atoms with Gasteiger partial charge in [0.1, 0.15) is 5.75 Å². The van der Waals surface area contributed by atoms with E-state index in [2.05, 4.69) is 35.9 Å². The smallest absolute Gasteiger partial charge is 0.252 e. The second kappa shape index (κ2) is 9.74. The Kier molecular flexibility index (Phi) is 6.39. The van der Waals surface area contributed by atoms with Gasteiger partial charge in [0, 0.05) is 30.6 Å². The molecule has 1 atom stereocenters. The fourth-order valence-electron chi connectivity index (χ4n) is 4.59. The second-order valence-corrected chi connectivity index (χ2v) is 9.06. The molecule has 1 saturated carbocycles. The number of ether oxygens (including phenoxy) is 1. The molecule has 5 rings (SSSR count). The van der Waals surface area contributed by atoms with Crippen LogP contribution in [-0.4, -0.2) is 59.1 Å². The lowest BCUT2D eigenvalue weighted by molar-refractivity contribution is 0.0951. The fraction of sp³-hybridized carbons (Fsp3) is 0.500. The third-order valence-corrected chi connectivity index (χ3v) is 6.81. The van der Waals surface area contributed by atoms with Crippen molar-refractivity contribution < 1.29 is 9.53 Å². The van der Waals surface area contributed by atoms with E-state index in [9.17, 15) is 4.79 Å². The van der Waals surface area contributed by atoms with Crippen molar-refractivity contribution in [2.24, 2.45) is 5.92 Å². The maximum atomic E-state index is 12.8. The Morgan fingerprint density at radius 1 is 1.21 bits per heavy atom. The molecule has 9 nitrogen and oxygen atoms in total. The molecule has 3 aromatic rings. The van der Waals surface area contributed by atoms with Crippen molar-refractivity contribution in [3.05, 3.63) is 41.7 Å². The van der Waals surface area contributed by atoms with Crippen LogP contribution in [0.15, 0.2) is 30.5 Å². The largest absolute Gasteiger partial charge is 0.497 e. The SMILES string of the molecule is COc1cc(C(=O)NCc2ccc(N3CCCC(NCC4CCC4)C3)nn2)c2cn[nH]c2c1. The molecule has 0 radical (unpaired) electrons. The van der Waals surface area contributed by atoms with E-state index in [0.717, 1.165) is 54.4 Å². The number of H-pyrrole nitrogens is 1. The van der Waals surface area contributed by atoms with E-state index >= 15 is 0 Å². The van der Waals surface area contributed by atoms with Gasteiger partial charge in [-0.05, 0) is 56.3 Å². The Labute approximate surface area is 193 Å². The van der Waals surface area contributed by atoms with Crippen molar-refractivity contribution in [3.63, 3.8) is 0 Å². The van der Waals surface area contributed by atoms with Gasteiger partial charge in [0.05, 0.1) is 36.6 Å². The Morgan fingerprint density at radius 3 is 2.88 bits per heavy atom. The van der Waals surface area contributed by atoms with Gasteiger partial charge in [-0.3, -0.25) is 9.89 Å². The van der Waals surface area contributed by atoms with Crippen molar-refractivity contribution in [3.8, 4) is 5.75 Å². The lowest BCUT2D eigenvalue weighted by atomic mass is 9.85. The molecule has 2 aromatic heterocycles. The zero-order chi connectivity index (χ0) is 22.6. The van der Waals surface area contributed by atoms with Crippen LogP contribution in [0, 0.1) is 5.92 Å². The molecule has 1 unspecified atom stereocenters. The molecule has 1 saturated heterocycles. The number of aromatic nitrogens is 4. The Morgan fingerprint density at radius 2 is 2.12 bits per heavy atom. The second-order valence-electron chi connectivity index (χ2n) is 9.06. The lowest BCUT2D eigenvalue weighted by Gasteiger charge is -2.35. The number of rotatable bonds is 8. The summed E-state index contributed by atoms with van der Waals surface area (Å²) in [5.41, 5.74) is 1.98. The number of carbonyl (C=O) groups is 1. The van der Waals surface area contributed by atoms with Crippen LogP contribution in [0.2, 0.25) is 0 Å². The van der Waals surface area contributed by atoms with E-state index in [0.29, 0.717) is 23.9 Å². The molecular weight excluding hydrogens is 418 g/mol. The topological polar surface area (TPSA) is 108 Å². The average molecular weight is 450 g/mol. The monoisotopic (exact) mass is 449 g/mol. The van der Waals surface area contributed by atoms with Crippen LogP contribution < -0.4 is 20.3 Å². The van der Waals surface area contributed by atoms with Gasteiger partial charge in [0.15, 0.2) is 5.82 Å². The minimum absolute atomic E-state index is 0.206. The van der Waals surface area contributed by atoms with Gasteiger partial charge in [0.25, 0.3) is 5.91 Å². The molecule has 2 fully saturated rings. The third kappa shape index (κ3) is 4.93. The number of methoxy groups -OCH3 is 1. The number of benzene rings is 1. The van der Waals surface area contributed by atoms with Gasteiger partial charge < -0.3 is 20.3 Å². The van der Waals surface area contributed by atoms with Gasteiger partial charge in [-0.15, -0.1) is 5.10 Å². The summed E-state index contributed by atoms with van der Waals surface area (Å²) in [6.07, 6.45) is 8.15. The molecule has 0 bridgehead atoms. The number of nitrogens with one attached hydrogen (secondary N) is 3. The van der Waals surface area contributed by atoms with Crippen molar-refractivity contribution in [2.75, 3.05) is 31.6 Å². The van der Waals surface area contributed by atoms with Crippen molar-refractivity contribution in [2.45, 2.75) is 44.7 Å². The summed E-state index contributed by atoms with van der Waals surface area (Å²) in [6, 6.07) is 7.99. The first-order valence-electron chi connectivity index (χ1n) is 11.8. The summed E-state index contributed by atoms with van der Waals surface area (Å²) in [7, 11) is 1.57. The lowest BCUT2D eigenvalue weighted by Crippen LogP contribution is -2.47. The van der Waals surface area contributed by atoms with E-state index in [-0.39, 0.29) is 5.91 Å². The van der Waals surface area contributed by atoms with Gasteiger partial charge in [-0.25, -0.2) is 0 Å². The third-order valence-electron chi connectivity index (χ3n) is 6.81. The maximum Gasteiger partial charge on any atom is 0.252 e. The number of hydrogen-bond acceptors (Lipinski definition) is 7. The van der Waals surface area contributed by atoms with Crippen LogP contribution in [0.25, 0.3) is 10.9 Å². The Balaban J connectivity index is 1.17. The number of piperidine rings is 1. The van der Waals surface area contributed by atoms with Crippen LogP contribution in [0.5, 0.6) is 5.75 Å². The number of anilines is 1. The van der Waals surface area contributed by atoms with E-state index in [1.807, 2.05) is 18.2 Å². The highest BCUT2D eigenvalue weighted by Gasteiger charge is 2.23. The normalized spacial score (nSPS) is 18.8. The molecule has 33 heavy (non-hydrogen) atoms. The van der Waals surface area contributed by atoms with Crippen LogP contribution >= 0.6 is 0 Å². The zero-order valence-electron chi connectivity index (χ0n) is 19.0. The summed E-state index contributed by atoms with van der Waals surface area (Å²) >= 11 is 0. The molecule has 1 aromatic carbocycles. The summed E-state index contributed by atoms with van der Waals surface area (Å²) in [4.78, 5) is 15.1. The predicted molar refractivity (Wildman–Crippen MR) is 126 cm³/mol. The first-order chi connectivity index (χ1) is 16.2.